The maximum atomic E-state index is 13.6. The third-order valence-corrected chi connectivity index (χ3v) is 5.02. The van der Waals surface area contributed by atoms with Crippen LogP contribution in [0.25, 0.3) is 0 Å². The summed E-state index contributed by atoms with van der Waals surface area (Å²) in [5.74, 6) is -1.84. The number of piperidine rings is 2. The Hall–Kier alpha value is -2.15. The molecule has 2 saturated heterocycles. The predicted octanol–water partition coefficient (Wildman–Crippen LogP) is 1.60. The average molecular weight is 349 g/mol. The van der Waals surface area contributed by atoms with Gasteiger partial charge in [0, 0.05) is 18.8 Å². The summed E-state index contributed by atoms with van der Waals surface area (Å²) in [4.78, 5) is 26.1. The SMILES string of the molecule is Cc1cc(F)cc(NC2CCCN([C@H]3CNCC[C@@H]3C(=O)O)C2=O)c1. The van der Waals surface area contributed by atoms with E-state index >= 15 is 0 Å². The molecule has 25 heavy (non-hydrogen) atoms. The first-order valence-electron chi connectivity index (χ1n) is 8.73. The summed E-state index contributed by atoms with van der Waals surface area (Å²) >= 11 is 0. The Balaban J connectivity index is 1.75. The van der Waals surface area contributed by atoms with Gasteiger partial charge < -0.3 is 20.6 Å². The fourth-order valence-electron chi connectivity index (χ4n) is 3.84. The number of amides is 1. The van der Waals surface area contributed by atoms with Crippen LogP contribution in [0.2, 0.25) is 0 Å². The quantitative estimate of drug-likeness (QED) is 0.769. The van der Waals surface area contributed by atoms with Crippen molar-refractivity contribution in [1.82, 2.24) is 10.2 Å². The van der Waals surface area contributed by atoms with Crippen LogP contribution in [0.5, 0.6) is 0 Å². The predicted molar refractivity (Wildman–Crippen MR) is 91.9 cm³/mol. The number of aryl methyl sites for hydroxylation is 1. The zero-order valence-corrected chi connectivity index (χ0v) is 14.3. The van der Waals surface area contributed by atoms with Crippen molar-refractivity contribution in [3.63, 3.8) is 0 Å². The minimum absolute atomic E-state index is 0.104. The van der Waals surface area contributed by atoms with Gasteiger partial charge in [0.05, 0.1) is 12.0 Å². The molecule has 1 unspecified atom stereocenters. The zero-order valence-electron chi connectivity index (χ0n) is 14.3. The summed E-state index contributed by atoms with van der Waals surface area (Å²) in [6, 6.07) is 3.83. The van der Waals surface area contributed by atoms with Crippen molar-refractivity contribution in [1.29, 1.82) is 0 Å². The molecule has 0 bridgehead atoms. The van der Waals surface area contributed by atoms with Crippen LogP contribution in [0.15, 0.2) is 18.2 Å². The van der Waals surface area contributed by atoms with Crippen LogP contribution in [-0.4, -0.2) is 53.6 Å². The first-order valence-corrected chi connectivity index (χ1v) is 8.73. The molecule has 2 aliphatic rings. The number of hydrogen-bond donors (Lipinski definition) is 3. The third kappa shape index (κ3) is 3.92. The van der Waals surface area contributed by atoms with Gasteiger partial charge in [-0.15, -0.1) is 0 Å². The molecule has 6 nitrogen and oxygen atoms in total. The summed E-state index contributed by atoms with van der Waals surface area (Å²) in [6.07, 6.45) is 1.97. The standard InChI is InChI=1S/C18H24FN3O3/c1-11-7-12(19)9-13(8-11)21-15-3-2-6-22(17(15)23)16-10-20-5-4-14(16)18(24)25/h7-9,14-16,20-21H,2-6,10H2,1H3,(H,24,25)/t14-,15?,16-/m0/s1. The van der Waals surface area contributed by atoms with E-state index in [0.717, 1.165) is 12.0 Å². The lowest BCUT2D eigenvalue weighted by Gasteiger charge is -2.42. The second-order valence-electron chi connectivity index (χ2n) is 6.89. The fraction of sp³-hybridized carbons (Fsp3) is 0.556. The molecule has 7 heteroatoms. The van der Waals surface area contributed by atoms with E-state index in [9.17, 15) is 19.1 Å². The molecule has 0 aliphatic carbocycles. The van der Waals surface area contributed by atoms with Crippen LogP contribution < -0.4 is 10.6 Å². The maximum absolute atomic E-state index is 13.6. The number of likely N-dealkylation sites (tertiary alicyclic amines) is 1. The molecule has 3 N–H and O–H groups in total. The summed E-state index contributed by atoms with van der Waals surface area (Å²) in [7, 11) is 0. The number of anilines is 1. The summed E-state index contributed by atoms with van der Waals surface area (Å²) in [5, 5.41) is 15.8. The van der Waals surface area contributed by atoms with E-state index in [2.05, 4.69) is 10.6 Å². The van der Waals surface area contributed by atoms with Gasteiger partial charge in [-0.1, -0.05) is 0 Å². The van der Waals surface area contributed by atoms with E-state index in [0.29, 0.717) is 38.2 Å². The molecular weight excluding hydrogens is 325 g/mol. The van der Waals surface area contributed by atoms with Crippen LogP contribution in [0, 0.1) is 18.7 Å². The highest BCUT2D eigenvalue weighted by Gasteiger charge is 2.40. The largest absolute Gasteiger partial charge is 0.481 e. The topological polar surface area (TPSA) is 81.7 Å². The summed E-state index contributed by atoms with van der Waals surface area (Å²) < 4.78 is 13.6. The minimum Gasteiger partial charge on any atom is -0.481 e. The monoisotopic (exact) mass is 349 g/mol. The first-order chi connectivity index (χ1) is 12.0. The van der Waals surface area contributed by atoms with E-state index in [1.807, 2.05) is 0 Å². The molecule has 2 heterocycles. The van der Waals surface area contributed by atoms with Crippen LogP contribution in [0.3, 0.4) is 0 Å². The van der Waals surface area contributed by atoms with Crippen LogP contribution in [0.1, 0.15) is 24.8 Å². The highest BCUT2D eigenvalue weighted by Crippen LogP contribution is 2.25. The maximum Gasteiger partial charge on any atom is 0.308 e. The normalized spacial score (nSPS) is 27.2. The van der Waals surface area contributed by atoms with E-state index in [1.54, 1.807) is 17.9 Å². The molecule has 2 aliphatic heterocycles. The lowest BCUT2D eigenvalue weighted by molar-refractivity contribution is -0.149. The minimum atomic E-state index is -0.852. The van der Waals surface area contributed by atoms with Crippen molar-refractivity contribution in [2.24, 2.45) is 5.92 Å². The van der Waals surface area contributed by atoms with Gasteiger partial charge in [0.15, 0.2) is 0 Å². The summed E-state index contributed by atoms with van der Waals surface area (Å²) in [5.41, 5.74) is 1.36. The average Bonchev–Trinajstić information content (AvgIpc) is 2.56. The van der Waals surface area contributed by atoms with Crippen LogP contribution in [-0.2, 0) is 9.59 Å². The van der Waals surface area contributed by atoms with Gasteiger partial charge in [-0.05, 0) is 56.5 Å². The molecule has 0 spiro atoms. The lowest BCUT2D eigenvalue weighted by Crippen LogP contribution is -2.60. The van der Waals surface area contributed by atoms with Gasteiger partial charge in [0.2, 0.25) is 5.91 Å². The number of carbonyl (C=O) groups excluding carboxylic acids is 1. The molecule has 0 aromatic heterocycles. The molecular formula is C18H24FN3O3. The van der Waals surface area contributed by atoms with E-state index in [4.69, 9.17) is 0 Å². The number of halogens is 1. The number of hydrogen-bond acceptors (Lipinski definition) is 4. The first kappa shape index (κ1) is 17.7. The highest BCUT2D eigenvalue weighted by atomic mass is 19.1. The Morgan fingerprint density at radius 1 is 1.36 bits per heavy atom. The van der Waals surface area contributed by atoms with Gasteiger partial charge in [-0.25, -0.2) is 4.39 Å². The number of rotatable bonds is 4. The molecule has 1 aromatic carbocycles. The van der Waals surface area contributed by atoms with Crippen molar-refractivity contribution in [2.45, 2.75) is 38.3 Å². The fourth-order valence-corrected chi connectivity index (χ4v) is 3.84. The number of nitrogens with one attached hydrogen (secondary N) is 2. The zero-order chi connectivity index (χ0) is 18.0. The molecule has 0 radical (unpaired) electrons. The number of carboxylic acid groups (broad SMARTS) is 1. The molecule has 0 saturated carbocycles. The Morgan fingerprint density at radius 2 is 2.16 bits per heavy atom. The highest BCUT2D eigenvalue weighted by molar-refractivity contribution is 5.86. The van der Waals surface area contributed by atoms with Gasteiger partial charge in [0.25, 0.3) is 0 Å². The van der Waals surface area contributed by atoms with Gasteiger partial charge in [0.1, 0.15) is 11.9 Å². The molecule has 3 atom stereocenters. The second-order valence-corrected chi connectivity index (χ2v) is 6.89. The number of benzene rings is 1. The van der Waals surface area contributed by atoms with Crippen molar-refractivity contribution in [3.8, 4) is 0 Å². The second kappa shape index (κ2) is 7.39. The van der Waals surface area contributed by atoms with Crippen molar-refractivity contribution in [3.05, 3.63) is 29.6 Å². The van der Waals surface area contributed by atoms with Crippen molar-refractivity contribution >= 4 is 17.6 Å². The Morgan fingerprint density at radius 3 is 2.88 bits per heavy atom. The summed E-state index contributed by atoms with van der Waals surface area (Å²) in [6.45, 7) is 3.51. The van der Waals surface area contributed by atoms with Crippen molar-refractivity contribution < 1.29 is 19.1 Å². The van der Waals surface area contributed by atoms with Crippen LogP contribution >= 0.6 is 0 Å². The lowest BCUT2D eigenvalue weighted by atomic mass is 9.89. The number of aliphatic carboxylic acids is 1. The molecule has 3 rings (SSSR count). The number of carbonyl (C=O) groups is 2. The van der Waals surface area contributed by atoms with Gasteiger partial charge >= 0.3 is 5.97 Å². The van der Waals surface area contributed by atoms with Gasteiger partial charge in [-0.3, -0.25) is 9.59 Å². The third-order valence-electron chi connectivity index (χ3n) is 5.02. The molecule has 1 amide bonds. The number of carboxylic acids is 1. The Kier molecular flexibility index (Phi) is 5.22. The Labute approximate surface area is 146 Å². The van der Waals surface area contributed by atoms with E-state index in [-0.39, 0.29) is 17.8 Å². The molecule has 2 fully saturated rings. The van der Waals surface area contributed by atoms with Crippen molar-refractivity contribution in [2.75, 3.05) is 25.0 Å². The molecule has 136 valence electrons. The molecule has 1 aromatic rings. The smallest absolute Gasteiger partial charge is 0.308 e. The van der Waals surface area contributed by atoms with Crippen LogP contribution in [0.4, 0.5) is 10.1 Å². The van der Waals surface area contributed by atoms with E-state index < -0.39 is 17.9 Å². The Bertz CT molecular complexity index is 647. The van der Waals surface area contributed by atoms with Gasteiger partial charge in [-0.2, -0.15) is 0 Å². The number of nitrogens with zero attached hydrogens (tertiary/aromatic N) is 1. The van der Waals surface area contributed by atoms with E-state index in [1.165, 1.54) is 12.1 Å².